The van der Waals surface area contributed by atoms with Gasteiger partial charge in [0.15, 0.2) is 0 Å². The molecule has 1 aliphatic carbocycles. The second kappa shape index (κ2) is 3.56. The number of rotatable bonds is 2. The molecule has 15 heavy (non-hydrogen) atoms. The van der Waals surface area contributed by atoms with Crippen molar-refractivity contribution < 1.29 is 4.92 Å². The van der Waals surface area contributed by atoms with E-state index in [0.717, 1.165) is 5.56 Å². The Balaban J connectivity index is 2.23. The van der Waals surface area contributed by atoms with Crippen LogP contribution in [0, 0.1) is 16.0 Å². The van der Waals surface area contributed by atoms with E-state index in [-0.39, 0.29) is 13.8 Å². The summed E-state index contributed by atoms with van der Waals surface area (Å²) < 4.78 is -0.0316. The van der Waals surface area contributed by atoms with Crippen LogP contribution in [0.2, 0.25) is 0 Å². The molecule has 2 rings (SSSR count). The van der Waals surface area contributed by atoms with Gasteiger partial charge in [-0.2, -0.15) is 0 Å². The Morgan fingerprint density at radius 3 is 2.13 bits per heavy atom. The lowest BCUT2D eigenvalue weighted by atomic mass is 10.1. The highest BCUT2D eigenvalue weighted by molar-refractivity contribution is 9.25. The van der Waals surface area contributed by atoms with Crippen molar-refractivity contribution in [3.8, 4) is 0 Å². The smallest absolute Gasteiger partial charge is 0.258 e. The molecule has 0 N–H and O–H groups in total. The van der Waals surface area contributed by atoms with E-state index in [1.165, 1.54) is 0 Å². The van der Waals surface area contributed by atoms with Crippen LogP contribution in [0.25, 0.3) is 0 Å². The average Bonchev–Trinajstić information content (AvgIpc) is 2.66. The van der Waals surface area contributed by atoms with E-state index < -0.39 is 0 Å². The van der Waals surface area contributed by atoms with Gasteiger partial charge < -0.3 is 0 Å². The Bertz CT molecular complexity index is 402. The maximum absolute atomic E-state index is 10.5. The number of benzene rings is 1. The zero-order chi connectivity index (χ0) is 11.2. The predicted octanol–water partition coefficient (Wildman–Crippen LogP) is 3.81. The highest BCUT2D eigenvalue weighted by Crippen LogP contribution is 2.67. The fourth-order valence-corrected chi connectivity index (χ4v) is 3.38. The molecule has 0 heterocycles. The van der Waals surface area contributed by atoms with E-state index in [1.54, 1.807) is 12.1 Å². The number of hydrogen-bond donors (Lipinski definition) is 0. The molecule has 2 atom stereocenters. The summed E-state index contributed by atoms with van der Waals surface area (Å²) in [6.07, 6.45) is 0. The lowest BCUT2D eigenvalue weighted by molar-refractivity contribution is -0.384. The van der Waals surface area contributed by atoms with Crippen molar-refractivity contribution in [3.63, 3.8) is 0 Å². The summed E-state index contributed by atoms with van der Waals surface area (Å²) in [6, 6.07) is 6.75. The highest BCUT2D eigenvalue weighted by atomic mass is 79.9. The largest absolute Gasteiger partial charge is 0.269 e. The van der Waals surface area contributed by atoms with E-state index in [4.69, 9.17) is 0 Å². The van der Waals surface area contributed by atoms with Crippen LogP contribution < -0.4 is 0 Å². The average molecular weight is 335 g/mol. The van der Waals surface area contributed by atoms with Crippen molar-refractivity contribution in [2.45, 2.75) is 16.1 Å². The molecule has 0 saturated heterocycles. The van der Waals surface area contributed by atoms with Gasteiger partial charge in [0.2, 0.25) is 0 Å². The first-order valence-corrected chi connectivity index (χ1v) is 6.15. The summed E-state index contributed by atoms with van der Waals surface area (Å²) in [5, 5.41) is 10.5. The van der Waals surface area contributed by atoms with Gasteiger partial charge in [-0.05, 0) is 11.5 Å². The van der Waals surface area contributed by atoms with E-state index in [1.807, 2.05) is 12.1 Å². The molecule has 5 heteroatoms. The van der Waals surface area contributed by atoms with Crippen LogP contribution in [0.4, 0.5) is 5.69 Å². The van der Waals surface area contributed by atoms with Crippen LogP contribution in [-0.2, 0) is 0 Å². The van der Waals surface area contributed by atoms with Crippen molar-refractivity contribution in [1.29, 1.82) is 0 Å². The number of nitro groups is 1. The summed E-state index contributed by atoms with van der Waals surface area (Å²) in [7, 11) is 0. The molecule has 3 nitrogen and oxygen atoms in total. The van der Waals surface area contributed by atoms with Crippen molar-refractivity contribution in [3.05, 3.63) is 39.9 Å². The van der Waals surface area contributed by atoms with Crippen LogP contribution in [-0.4, -0.2) is 8.16 Å². The molecule has 0 bridgehead atoms. The zero-order valence-electron chi connectivity index (χ0n) is 7.98. The van der Waals surface area contributed by atoms with Gasteiger partial charge in [0.05, 0.1) is 8.16 Å². The minimum Gasteiger partial charge on any atom is -0.258 e. The molecular weight excluding hydrogens is 326 g/mol. The minimum atomic E-state index is -0.379. The first-order chi connectivity index (χ1) is 6.94. The van der Waals surface area contributed by atoms with Crippen LogP contribution in [0.3, 0.4) is 0 Å². The normalized spacial score (nSPS) is 27.4. The van der Waals surface area contributed by atoms with Crippen molar-refractivity contribution in [2.75, 3.05) is 0 Å². The van der Waals surface area contributed by atoms with Gasteiger partial charge >= 0.3 is 0 Å². The first kappa shape index (κ1) is 11.1. The number of nitrogens with zero attached hydrogens (tertiary/aromatic N) is 1. The van der Waals surface area contributed by atoms with E-state index in [2.05, 4.69) is 38.8 Å². The second-order valence-corrected chi connectivity index (χ2v) is 7.48. The Morgan fingerprint density at radius 2 is 1.80 bits per heavy atom. The molecule has 0 aromatic heterocycles. The van der Waals surface area contributed by atoms with E-state index in [0.29, 0.717) is 11.8 Å². The lowest BCUT2D eigenvalue weighted by Crippen LogP contribution is -1.90. The number of hydrogen-bond acceptors (Lipinski definition) is 2. The molecular formula is C10H9Br2NO2. The van der Waals surface area contributed by atoms with E-state index in [9.17, 15) is 10.1 Å². The Morgan fingerprint density at radius 1 is 1.33 bits per heavy atom. The maximum Gasteiger partial charge on any atom is 0.269 e. The minimum absolute atomic E-state index is 0.0316. The molecule has 0 radical (unpaired) electrons. The molecule has 1 aromatic carbocycles. The summed E-state index contributed by atoms with van der Waals surface area (Å²) in [4.78, 5) is 10.1. The van der Waals surface area contributed by atoms with Crippen LogP contribution in [0.15, 0.2) is 24.3 Å². The second-order valence-electron chi connectivity index (χ2n) is 3.79. The van der Waals surface area contributed by atoms with Gasteiger partial charge in [0, 0.05) is 18.1 Å². The molecule has 80 valence electrons. The molecule has 1 aromatic rings. The third-order valence-corrected chi connectivity index (χ3v) is 5.31. The van der Waals surface area contributed by atoms with Crippen LogP contribution >= 0.6 is 31.9 Å². The van der Waals surface area contributed by atoms with Gasteiger partial charge in [-0.3, -0.25) is 10.1 Å². The number of nitro benzene ring substituents is 1. The molecule has 0 aliphatic heterocycles. The highest BCUT2D eigenvalue weighted by Gasteiger charge is 2.59. The van der Waals surface area contributed by atoms with Crippen LogP contribution in [0.1, 0.15) is 18.4 Å². The van der Waals surface area contributed by atoms with Crippen LogP contribution in [0.5, 0.6) is 0 Å². The maximum atomic E-state index is 10.5. The van der Waals surface area contributed by atoms with Crippen molar-refractivity contribution in [1.82, 2.24) is 0 Å². The topological polar surface area (TPSA) is 43.1 Å². The zero-order valence-corrected chi connectivity index (χ0v) is 11.2. The Labute approximate surface area is 104 Å². The Hall–Kier alpha value is -0.420. The van der Waals surface area contributed by atoms with E-state index >= 15 is 0 Å². The summed E-state index contributed by atoms with van der Waals surface area (Å²) in [5.74, 6) is 0.886. The Kier molecular flexibility index (Phi) is 2.63. The first-order valence-electron chi connectivity index (χ1n) is 4.56. The fourth-order valence-electron chi connectivity index (χ4n) is 1.79. The SMILES string of the molecule is C[C@@H]1[C@H](c2ccc([N+](=O)[O-])cc2)C1(Br)Br. The predicted molar refractivity (Wildman–Crippen MR) is 65.6 cm³/mol. The fraction of sp³-hybridized carbons (Fsp3) is 0.400. The monoisotopic (exact) mass is 333 g/mol. The standard InChI is InChI=1S/C10H9Br2NO2/c1-6-9(10(6,11)12)7-2-4-8(5-3-7)13(14)15/h2-6,9H,1H3/t6-,9-/m1/s1. The molecule has 1 fully saturated rings. The van der Waals surface area contributed by atoms with Gasteiger partial charge in [-0.25, -0.2) is 0 Å². The number of non-ortho nitro benzene ring substituents is 1. The van der Waals surface area contributed by atoms with Crippen molar-refractivity contribution >= 4 is 37.5 Å². The van der Waals surface area contributed by atoms with Gasteiger partial charge in [-0.15, -0.1) is 0 Å². The van der Waals surface area contributed by atoms with Crippen molar-refractivity contribution in [2.24, 2.45) is 5.92 Å². The summed E-state index contributed by atoms with van der Waals surface area (Å²) in [6.45, 7) is 2.13. The summed E-state index contributed by atoms with van der Waals surface area (Å²) in [5.41, 5.74) is 1.27. The molecule has 1 aliphatic rings. The third kappa shape index (κ3) is 1.83. The van der Waals surface area contributed by atoms with Gasteiger partial charge in [0.25, 0.3) is 5.69 Å². The molecule has 0 amide bonds. The third-order valence-electron chi connectivity index (χ3n) is 2.88. The molecule has 0 spiro atoms. The number of halogens is 2. The van der Waals surface area contributed by atoms with Gasteiger partial charge in [-0.1, -0.05) is 50.9 Å². The summed E-state index contributed by atoms with van der Waals surface area (Å²) >= 11 is 7.17. The lowest BCUT2D eigenvalue weighted by Gasteiger charge is -2.00. The quantitative estimate of drug-likeness (QED) is 0.469. The molecule has 0 unspecified atom stereocenters. The molecule has 1 saturated carbocycles. The van der Waals surface area contributed by atoms with Gasteiger partial charge in [0.1, 0.15) is 0 Å². The number of alkyl halides is 2.